The van der Waals surface area contributed by atoms with Gasteiger partial charge in [-0.3, -0.25) is 4.79 Å². The summed E-state index contributed by atoms with van der Waals surface area (Å²) in [6.07, 6.45) is 2.59. The number of amides is 1. The Bertz CT molecular complexity index is 579. The minimum atomic E-state index is -0.681. The minimum absolute atomic E-state index is 0.0795. The lowest BCUT2D eigenvalue weighted by Crippen LogP contribution is -2.38. The molecule has 1 N–H and O–H groups in total. The number of aliphatic hydroxyl groups is 1. The molecule has 134 valence electrons. The summed E-state index contributed by atoms with van der Waals surface area (Å²) in [5.74, 6) is 0.0795. The summed E-state index contributed by atoms with van der Waals surface area (Å²) in [5, 5.41) is 9.88. The SMILES string of the molecule is CN1CC[C@](C)(CN(C)C(=O)c2cccc(CCC(C)(C)O)c2)C1. The molecule has 0 unspecified atom stereocenters. The van der Waals surface area contributed by atoms with Gasteiger partial charge in [-0.05, 0) is 69.8 Å². The monoisotopic (exact) mass is 332 g/mol. The van der Waals surface area contributed by atoms with Gasteiger partial charge in [-0.1, -0.05) is 19.1 Å². The van der Waals surface area contributed by atoms with E-state index in [1.807, 2.05) is 50.1 Å². The molecule has 2 rings (SSSR count). The van der Waals surface area contributed by atoms with Crippen molar-refractivity contribution in [2.45, 2.75) is 45.6 Å². The predicted molar refractivity (Wildman–Crippen MR) is 98.2 cm³/mol. The molecule has 1 heterocycles. The van der Waals surface area contributed by atoms with Crippen LogP contribution in [0.1, 0.15) is 49.5 Å². The number of likely N-dealkylation sites (tertiary alicyclic amines) is 1. The number of carbonyl (C=O) groups excluding carboxylic acids is 1. The average Bonchev–Trinajstić information content (AvgIpc) is 2.83. The quantitative estimate of drug-likeness (QED) is 0.871. The van der Waals surface area contributed by atoms with E-state index in [4.69, 9.17) is 0 Å². The van der Waals surface area contributed by atoms with Crippen LogP contribution in [0.5, 0.6) is 0 Å². The van der Waals surface area contributed by atoms with Crippen molar-refractivity contribution < 1.29 is 9.90 Å². The first-order chi connectivity index (χ1) is 11.1. The van der Waals surface area contributed by atoms with Gasteiger partial charge in [0.05, 0.1) is 5.60 Å². The van der Waals surface area contributed by atoms with Gasteiger partial charge in [0.2, 0.25) is 0 Å². The fourth-order valence-corrected chi connectivity index (χ4v) is 3.57. The van der Waals surface area contributed by atoms with Crippen LogP contribution in [-0.2, 0) is 6.42 Å². The van der Waals surface area contributed by atoms with Crippen molar-refractivity contribution in [2.24, 2.45) is 5.41 Å². The smallest absolute Gasteiger partial charge is 0.253 e. The lowest BCUT2D eigenvalue weighted by Gasteiger charge is -2.30. The molecule has 0 bridgehead atoms. The van der Waals surface area contributed by atoms with E-state index >= 15 is 0 Å². The number of hydrogen-bond acceptors (Lipinski definition) is 3. The predicted octanol–water partition coefficient (Wildman–Crippen LogP) is 2.80. The molecule has 1 amide bonds. The van der Waals surface area contributed by atoms with Crippen molar-refractivity contribution in [3.05, 3.63) is 35.4 Å². The highest BCUT2D eigenvalue weighted by atomic mass is 16.3. The maximum Gasteiger partial charge on any atom is 0.253 e. The number of aryl methyl sites for hydroxylation is 1. The van der Waals surface area contributed by atoms with Crippen LogP contribution in [0.15, 0.2) is 24.3 Å². The molecule has 1 atom stereocenters. The fourth-order valence-electron chi connectivity index (χ4n) is 3.57. The van der Waals surface area contributed by atoms with Crippen LogP contribution < -0.4 is 0 Å². The molecule has 0 saturated carbocycles. The molecule has 1 aliphatic rings. The molecule has 24 heavy (non-hydrogen) atoms. The highest BCUT2D eigenvalue weighted by Crippen LogP contribution is 2.30. The van der Waals surface area contributed by atoms with E-state index in [2.05, 4.69) is 18.9 Å². The topological polar surface area (TPSA) is 43.8 Å². The third-order valence-corrected chi connectivity index (χ3v) is 4.91. The molecule has 1 fully saturated rings. The van der Waals surface area contributed by atoms with Gasteiger partial charge in [0, 0.05) is 25.7 Å². The van der Waals surface area contributed by atoms with E-state index in [-0.39, 0.29) is 11.3 Å². The van der Waals surface area contributed by atoms with Crippen LogP contribution in [0.4, 0.5) is 0 Å². The third-order valence-electron chi connectivity index (χ3n) is 4.91. The Kier molecular flexibility index (Phi) is 5.71. The van der Waals surface area contributed by atoms with E-state index in [1.165, 1.54) is 0 Å². The zero-order valence-electron chi connectivity index (χ0n) is 15.8. The standard InChI is InChI=1S/C20H32N2O2/c1-19(2,24)10-9-16-7-6-8-17(13-16)18(23)22(5)15-20(3)11-12-21(4)14-20/h6-8,13,24H,9-12,14-15H2,1-5H3/t20-/m0/s1. The summed E-state index contributed by atoms with van der Waals surface area (Å²) in [4.78, 5) is 17.0. The zero-order chi connectivity index (χ0) is 18.0. The molecule has 1 aromatic carbocycles. The van der Waals surface area contributed by atoms with E-state index in [9.17, 15) is 9.90 Å². The van der Waals surface area contributed by atoms with Crippen molar-refractivity contribution in [1.82, 2.24) is 9.80 Å². The molecule has 4 heteroatoms. The minimum Gasteiger partial charge on any atom is -0.390 e. The van der Waals surface area contributed by atoms with E-state index < -0.39 is 5.60 Å². The summed E-state index contributed by atoms with van der Waals surface area (Å²) in [6.45, 7) is 8.81. The van der Waals surface area contributed by atoms with Crippen molar-refractivity contribution in [2.75, 3.05) is 33.7 Å². The normalized spacial score (nSPS) is 21.9. The first-order valence-corrected chi connectivity index (χ1v) is 8.83. The van der Waals surface area contributed by atoms with Gasteiger partial charge < -0.3 is 14.9 Å². The number of nitrogens with zero attached hydrogens (tertiary/aromatic N) is 2. The number of carbonyl (C=O) groups is 1. The number of hydrogen-bond donors (Lipinski definition) is 1. The van der Waals surface area contributed by atoms with Crippen LogP contribution in [0.2, 0.25) is 0 Å². The van der Waals surface area contributed by atoms with Crippen LogP contribution in [-0.4, -0.2) is 60.1 Å². The van der Waals surface area contributed by atoms with Crippen molar-refractivity contribution in [1.29, 1.82) is 0 Å². The lowest BCUT2D eigenvalue weighted by atomic mass is 9.89. The lowest BCUT2D eigenvalue weighted by molar-refractivity contribution is 0.0714. The van der Waals surface area contributed by atoms with Gasteiger partial charge in [0.15, 0.2) is 0 Å². The average molecular weight is 332 g/mol. The molecule has 0 radical (unpaired) electrons. The Hall–Kier alpha value is -1.39. The highest BCUT2D eigenvalue weighted by molar-refractivity contribution is 5.94. The van der Waals surface area contributed by atoms with Crippen LogP contribution in [0, 0.1) is 5.41 Å². The first-order valence-electron chi connectivity index (χ1n) is 8.83. The van der Waals surface area contributed by atoms with Gasteiger partial charge in [0.25, 0.3) is 5.91 Å². The largest absolute Gasteiger partial charge is 0.390 e. The fraction of sp³-hybridized carbons (Fsp3) is 0.650. The van der Waals surface area contributed by atoms with Gasteiger partial charge in [-0.15, -0.1) is 0 Å². The Morgan fingerprint density at radius 1 is 1.42 bits per heavy atom. The van der Waals surface area contributed by atoms with E-state index in [0.29, 0.717) is 6.42 Å². The van der Waals surface area contributed by atoms with Crippen molar-refractivity contribution in [3.8, 4) is 0 Å². The summed E-state index contributed by atoms with van der Waals surface area (Å²) < 4.78 is 0. The van der Waals surface area contributed by atoms with E-state index in [0.717, 1.165) is 43.6 Å². The van der Waals surface area contributed by atoms with Gasteiger partial charge in [0.1, 0.15) is 0 Å². The molecule has 1 aromatic rings. The van der Waals surface area contributed by atoms with Crippen LogP contribution >= 0.6 is 0 Å². The van der Waals surface area contributed by atoms with Gasteiger partial charge >= 0.3 is 0 Å². The Labute approximate surface area is 146 Å². The zero-order valence-corrected chi connectivity index (χ0v) is 15.8. The first kappa shape index (κ1) is 18.9. The van der Waals surface area contributed by atoms with Crippen molar-refractivity contribution >= 4 is 5.91 Å². The van der Waals surface area contributed by atoms with E-state index in [1.54, 1.807) is 0 Å². The second-order valence-electron chi connectivity index (χ2n) is 8.47. The molecule has 1 aliphatic heterocycles. The number of rotatable bonds is 6. The van der Waals surface area contributed by atoms with Crippen LogP contribution in [0.25, 0.3) is 0 Å². The summed E-state index contributed by atoms with van der Waals surface area (Å²) in [7, 11) is 4.04. The second kappa shape index (κ2) is 7.24. The highest BCUT2D eigenvalue weighted by Gasteiger charge is 2.34. The summed E-state index contributed by atoms with van der Waals surface area (Å²) in [6, 6.07) is 7.81. The van der Waals surface area contributed by atoms with Crippen molar-refractivity contribution in [3.63, 3.8) is 0 Å². The van der Waals surface area contributed by atoms with Gasteiger partial charge in [-0.2, -0.15) is 0 Å². The molecule has 0 spiro atoms. The Morgan fingerprint density at radius 2 is 2.12 bits per heavy atom. The molecular formula is C20H32N2O2. The molecule has 4 nitrogen and oxygen atoms in total. The maximum atomic E-state index is 12.8. The summed E-state index contributed by atoms with van der Waals surface area (Å²) >= 11 is 0. The Balaban J connectivity index is 2.01. The molecule has 0 aliphatic carbocycles. The number of benzene rings is 1. The molecule has 0 aromatic heterocycles. The summed E-state index contributed by atoms with van der Waals surface area (Å²) in [5.41, 5.74) is 1.33. The third kappa shape index (κ3) is 5.32. The maximum absolute atomic E-state index is 12.8. The molecular weight excluding hydrogens is 300 g/mol. The Morgan fingerprint density at radius 3 is 2.71 bits per heavy atom. The van der Waals surface area contributed by atoms with Crippen LogP contribution in [0.3, 0.4) is 0 Å². The second-order valence-corrected chi connectivity index (χ2v) is 8.47. The molecule has 1 saturated heterocycles. The van der Waals surface area contributed by atoms with Gasteiger partial charge in [-0.25, -0.2) is 0 Å².